The summed E-state index contributed by atoms with van der Waals surface area (Å²) < 4.78 is 0. The molecule has 1 atom stereocenters. The number of rotatable bonds is 4. The van der Waals surface area contributed by atoms with Crippen LogP contribution in [0, 0.1) is 5.92 Å². The first kappa shape index (κ1) is 13.4. The molecule has 1 unspecified atom stereocenters. The van der Waals surface area contributed by atoms with E-state index in [0.717, 1.165) is 12.8 Å². The Labute approximate surface area is 109 Å². The second-order valence-electron chi connectivity index (χ2n) is 6.08. The molecule has 1 N–H and O–H groups in total. The Morgan fingerprint density at radius 2 is 2.00 bits per heavy atom. The molecule has 1 aliphatic heterocycles. The van der Waals surface area contributed by atoms with Gasteiger partial charge in [0.1, 0.15) is 6.04 Å². The van der Waals surface area contributed by atoms with Crippen molar-refractivity contribution in [3.8, 4) is 0 Å². The van der Waals surface area contributed by atoms with Gasteiger partial charge in [-0.3, -0.25) is 9.59 Å². The maximum Gasteiger partial charge on any atom is 0.245 e. The Morgan fingerprint density at radius 3 is 2.56 bits per heavy atom. The second-order valence-corrected chi connectivity index (χ2v) is 6.08. The molecule has 2 amide bonds. The van der Waals surface area contributed by atoms with Crippen LogP contribution in [0.5, 0.6) is 0 Å². The van der Waals surface area contributed by atoms with E-state index in [9.17, 15) is 9.59 Å². The molecule has 1 saturated heterocycles. The molecule has 0 bridgehead atoms. The van der Waals surface area contributed by atoms with Gasteiger partial charge in [0.2, 0.25) is 11.8 Å². The highest BCUT2D eigenvalue weighted by molar-refractivity contribution is 5.90. The third kappa shape index (κ3) is 2.52. The molecule has 4 heteroatoms. The fraction of sp³-hybridized carbons (Fsp3) is 0.857. The molecule has 0 aromatic heterocycles. The van der Waals surface area contributed by atoms with Gasteiger partial charge in [-0.15, -0.1) is 0 Å². The Morgan fingerprint density at radius 1 is 1.33 bits per heavy atom. The quantitative estimate of drug-likeness (QED) is 0.827. The van der Waals surface area contributed by atoms with Gasteiger partial charge in [0.15, 0.2) is 0 Å². The van der Waals surface area contributed by atoms with Gasteiger partial charge < -0.3 is 10.2 Å². The van der Waals surface area contributed by atoms with Gasteiger partial charge in [0, 0.05) is 18.5 Å². The van der Waals surface area contributed by atoms with Crippen LogP contribution in [-0.4, -0.2) is 34.8 Å². The standard InChI is InChI=1S/C14H24N2O2/c1-4-5-11-13(18)16(9-8-12(17)15-11)14(2,3)10-6-7-10/h10-11H,4-9H2,1-3H3,(H,15,17). The smallest absolute Gasteiger partial charge is 0.245 e. The van der Waals surface area contributed by atoms with Crippen molar-refractivity contribution in [3.05, 3.63) is 0 Å². The van der Waals surface area contributed by atoms with Gasteiger partial charge in [-0.2, -0.15) is 0 Å². The summed E-state index contributed by atoms with van der Waals surface area (Å²) in [5.41, 5.74) is -0.102. The molecule has 1 aliphatic carbocycles. The summed E-state index contributed by atoms with van der Waals surface area (Å²) in [6.07, 6.45) is 4.49. The number of carbonyl (C=O) groups is 2. The molecule has 0 radical (unpaired) electrons. The van der Waals surface area contributed by atoms with Crippen LogP contribution in [0.4, 0.5) is 0 Å². The molecule has 1 heterocycles. The van der Waals surface area contributed by atoms with Crippen LogP contribution in [0.2, 0.25) is 0 Å². The van der Waals surface area contributed by atoms with E-state index < -0.39 is 0 Å². The Hall–Kier alpha value is -1.06. The molecular formula is C14H24N2O2. The number of amides is 2. The highest BCUT2D eigenvalue weighted by Gasteiger charge is 2.46. The number of nitrogens with zero attached hydrogens (tertiary/aromatic N) is 1. The van der Waals surface area contributed by atoms with E-state index in [1.165, 1.54) is 12.8 Å². The summed E-state index contributed by atoms with van der Waals surface area (Å²) in [5, 5.41) is 2.86. The molecule has 0 aromatic carbocycles. The predicted octanol–water partition coefficient (Wildman–Crippen LogP) is 1.69. The Kier molecular flexibility index (Phi) is 3.64. The Bertz CT molecular complexity index is 348. The molecule has 102 valence electrons. The molecule has 2 rings (SSSR count). The first-order chi connectivity index (χ1) is 8.46. The lowest BCUT2D eigenvalue weighted by atomic mass is 9.94. The van der Waals surface area contributed by atoms with Crippen LogP contribution >= 0.6 is 0 Å². The third-order valence-corrected chi connectivity index (χ3v) is 4.31. The molecule has 0 aromatic rings. The predicted molar refractivity (Wildman–Crippen MR) is 70.0 cm³/mol. The van der Waals surface area contributed by atoms with Crippen molar-refractivity contribution in [2.75, 3.05) is 6.54 Å². The number of hydrogen-bond acceptors (Lipinski definition) is 2. The summed E-state index contributed by atoms with van der Waals surface area (Å²) in [6.45, 7) is 6.89. The minimum absolute atomic E-state index is 0.0101. The molecule has 18 heavy (non-hydrogen) atoms. The molecule has 2 fully saturated rings. The van der Waals surface area contributed by atoms with E-state index in [-0.39, 0.29) is 23.4 Å². The lowest BCUT2D eigenvalue weighted by Crippen LogP contribution is -2.54. The summed E-state index contributed by atoms with van der Waals surface area (Å²) in [7, 11) is 0. The van der Waals surface area contributed by atoms with Crippen molar-refractivity contribution in [1.29, 1.82) is 0 Å². The highest BCUT2D eigenvalue weighted by atomic mass is 16.2. The van der Waals surface area contributed by atoms with Crippen LogP contribution in [0.15, 0.2) is 0 Å². The van der Waals surface area contributed by atoms with Crippen LogP contribution in [-0.2, 0) is 9.59 Å². The molecule has 1 saturated carbocycles. The molecular weight excluding hydrogens is 228 g/mol. The normalized spacial score (nSPS) is 25.9. The first-order valence-corrected chi connectivity index (χ1v) is 7.07. The molecule has 0 spiro atoms. The van der Waals surface area contributed by atoms with E-state index >= 15 is 0 Å². The van der Waals surface area contributed by atoms with E-state index in [1.807, 2.05) is 11.8 Å². The summed E-state index contributed by atoms with van der Waals surface area (Å²) in [5.74, 6) is 0.729. The van der Waals surface area contributed by atoms with Crippen molar-refractivity contribution in [2.45, 2.75) is 64.5 Å². The SMILES string of the molecule is CCCC1NC(=O)CCN(C(C)(C)C2CC2)C1=O. The topological polar surface area (TPSA) is 49.4 Å². The lowest BCUT2D eigenvalue weighted by Gasteiger charge is -2.39. The van der Waals surface area contributed by atoms with Crippen molar-refractivity contribution in [1.82, 2.24) is 10.2 Å². The lowest BCUT2D eigenvalue weighted by molar-refractivity contribution is -0.139. The van der Waals surface area contributed by atoms with Crippen molar-refractivity contribution in [2.24, 2.45) is 5.92 Å². The first-order valence-electron chi connectivity index (χ1n) is 7.07. The fourth-order valence-electron chi connectivity index (χ4n) is 2.91. The largest absolute Gasteiger partial charge is 0.344 e. The second kappa shape index (κ2) is 4.90. The van der Waals surface area contributed by atoms with Crippen molar-refractivity contribution < 1.29 is 9.59 Å². The highest BCUT2D eigenvalue weighted by Crippen LogP contribution is 2.43. The minimum Gasteiger partial charge on any atom is -0.344 e. The number of carbonyl (C=O) groups excluding carboxylic acids is 2. The van der Waals surface area contributed by atoms with E-state index in [0.29, 0.717) is 18.9 Å². The number of hydrogen-bond donors (Lipinski definition) is 1. The van der Waals surface area contributed by atoms with Gasteiger partial charge in [-0.1, -0.05) is 13.3 Å². The average Bonchev–Trinajstić information content (AvgIpc) is 3.10. The zero-order chi connectivity index (χ0) is 13.3. The van der Waals surface area contributed by atoms with Crippen molar-refractivity contribution in [3.63, 3.8) is 0 Å². The molecule has 2 aliphatic rings. The minimum atomic E-state index is -0.317. The van der Waals surface area contributed by atoms with Gasteiger partial charge in [0.25, 0.3) is 0 Å². The van der Waals surface area contributed by atoms with Gasteiger partial charge >= 0.3 is 0 Å². The Balaban J connectivity index is 2.17. The molecule has 4 nitrogen and oxygen atoms in total. The van der Waals surface area contributed by atoms with Crippen LogP contribution in [0.1, 0.15) is 52.9 Å². The fourth-order valence-corrected chi connectivity index (χ4v) is 2.91. The van der Waals surface area contributed by atoms with Gasteiger partial charge in [-0.05, 0) is 39.0 Å². The monoisotopic (exact) mass is 252 g/mol. The van der Waals surface area contributed by atoms with E-state index in [1.54, 1.807) is 0 Å². The van der Waals surface area contributed by atoms with Crippen LogP contribution < -0.4 is 5.32 Å². The van der Waals surface area contributed by atoms with Gasteiger partial charge in [-0.25, -0.2) is 0 Å². The maximum atomic E-state index is 12.6. The van der Waals surface area contributed by atoms with E-state index in [4.69, 9.17) is 0 Å². The zero-order valence-corrected chi connectivity index (χ0v) is 11.7. The maximum absolute atomic E-state index is 12.6. The third-order valence-electron chi connectivity index (χ3n) is 4.31. The van der Waals surface area contributed by atoms with Crippen molar-refractivity contribution >= 4 is 11.8 Å². The van der Waals surface area contributed by atoms with Crippen LogP contribution in [0.25, 0.3) is 0 Å². The summed E-state index contributed by atoms with van der Waals surface area (Å²) >= 11 is 0. The van der Waals surface area contributed by atoms with Crippen LogP contribution in [0.3, 0.4) is 0 Å². The number of nitrogens with one attached hydrogen (secondary N) is 1. The zero-order valence-electron chi connectivity index (χ0n) is 11.7. The summed E-state index contributed by atoms with van der Waals surface area (Å²) in [4.78, 5) is 26.2. The summed E-state index contributed by atoms with van der Waals surface area (Å²) in [6, 6.07) is -0.317. The van der Waals surface area contributed by atoms with E-state index in [2.05, 4.69) is 19.2 Å². The average molecular weight is 252 g/mol. The van der Waals surface area contributed by atoms with Gasteiger partial charge in [0.05, 0.1) is 0 Å².